The highest BCUT2D eigenvalue weighted by Crippen LogP contribution is 2.25. The molecule has 0 radical (unpaired) electrons. The van der Waals surface area contributed by atoms with Crippen LogP contribution in [-0.2, 0) is 4.74 Å². The molecule has 3 fully saturated rings. The van der Waals surface area contributed by atoms with Crippen LogP contribution in [0.4, 0.5) is 0 Å². The molecule has 3 rings (SSSR count). The van der Waals surface area contributed by atoms with Gasteiger partial charge in [-0.15, -0.1) is 0 Å². The van der Waals surface area contributed by atoms with Gasteiger partial charge in [-0.25, -0.2) is 0 Å². The van der Waals surface area contributed by atoms with Crippen LogP contribution in [0.5, 0.6) is 0 Å². The van der Waals surface area contributed by atoms with Crippen molar-refractivity contribution >= 4 is 0 Å². The lowest BCUT2D eigenvalue weighted by Gasteiger charge is -2.29. The van der Waals surface area contributed by atoms with E-state index in [0.717, 1.165) is 18.7 Å². The fourth-order valence-electron chi connectivity index (χ4n) is 2.92. The van der Waals surface area contributed by atoms with Gasteiger partial charge in [0.25, 0.3) is 0 Å². The lowest BCUT2D eigenvalue weighted by atomic mass is 10.2. The van der Waals surface area contributed by atoms with Gasteiger partial charge >= 0.3 is 0 Å². The van der Waals surface area contributed by atoms with Crippen LogP contribution in [0.3, 0.4) is 0 Å². The molecule has 0 aromatic carbocycles. The third-order valence-electron chi connectivity index (χ3n) is 3.63. The molecule has 13 heavy (non-hydrogen) atoms. The number of nitrogens with zero attached hydrogens (tertiary/aromatic N) is 1. The van der Waals surface area contributed by atoms with Crippen molar-refractivity contribution in [2.75, 3.05) is 26.2 Å². The van der Waals surface area contributed by atoms with Crippen LogP contribution in [0.1, 0.15) is 19.3 Å². The Labute approximate surface area is 79.4 Å². The molecule has 1 N–H and O–H groups in total. The first kappa shape index (κ1) is 8.21. The zero-order valence-corrected chi connectivity index (χ0v) is 8.04. The Hall–Kier alpha value is -0.120. The molecule has 0 aromatic heterocycles. The fraction of sp³-hybridized carbons (Fsp3) is 1.00. The molecule has 3 nitrogen and oxygen atoms in total. The first-order valence-electron chi connectivity index (χ1n) is 5.51. The summed E-state index contributed by atoms with van der Waals surface area (Å²) in [5, 5.41) is 3.53. The number of likely N-dealkylation sites (tertiary alicyclic amines) is 1. The predicted octanol–water partition coefficient (Wildman–Crippen LogP) is 0.211. The number of rotatable bonds is 2. The summed E-state index contributed by atoms with van der Waals surface area (Å²) in [7, 11) is 0. The summed E-state index contributed by atoms with van der Waals surface area (Å²) in [5.41, 5.74) is 0. The van der Waals surface area contributed by atoms with E-state index in [-0.39, 0.29) is 0 Å². The Morgan fingerprint density at radius 2 is 2.46 bits per heavy atom. The Morgan fingerprint density at radius 1 is 1.46 bits per heavy atom. The van der Waals surface area contributed by atoms with Crippen molar-refractivity contribution in [1.29, 1.82) is 0 Å². The number of nitrogens with one attached hydrogen (secondary N) is 1. The maximum Gasteiger partial charge on any atom is 0.0702 e. The van der Waals surface area contributed by atoms with Crippen molar-refractivity contribution in [2.45, 2.75) is 37.5 Å². The number of piperazine rings is 1. The third-order valence-corrected chi connectivity index (χ3v) is 3.63. The monoisotopic (exact) mass is 182 g/mol. The molecule has 0 unspecified atom stereocenters. The molecule has 74 valence electrons. The third kappa shape index (κ3) is 1.49. The molecule has 2 bridgehead atoms. The molecular weight excluding hydrogens is 164 g/mol. The summed E-state index contributed by atoms with van der Waals surface area (Å²) >= 11 is 0. The summed E-state index contributed by atoms with van der Waals surface area (Å²) in [6, 6.07) is 1.60. The van der Waals surface area contributed by atoms with Crippen molar-refractivity contribution in [3.05, 3.63) is 0 Å². The SMILES string of the molecule is C1CO[C@H](CN2C[C@H]3C[C@H]2CN3)C1. The number of fused-ring (bicyclic) bond motifs is 2. The molecule has 3 heteroatoms. The zero-order chi connectivity index (χ0) is 8.67. The van der Waals surface area contributed by atoms with Crippen LogP contribution < -0.4 is 5.32 Å². The van der Waals surface area contributed by atoms with E-state index in [4.69, 9.17) is 4.74 Å². The summed E-state index contributed by atoms with van der Waals surface area (Å²) in [5.74, 6) is 0. The van der Waals surface area contributed by atoms with Crippen LogP contribution in [0, 0.1) is 0 Å². The summed E-state index contributed by atoms with van der Waals surface area (Å²) in [6.07, 6.45) is 4.46. The average molecular weight is 182 g/mol. The van der Waals surface area contributed by atoms with E-state index in [9.17, 15) is 0 Å². The minimum Gasteiger partial charge on any atom is -0.377 e. The highest BCUT2D eigenvalue weighted by atomic mass is 16.5. The van der Waals surface area contributed by atoms with E-state index in [0.29, 0.717) is 6.10 Å². The maximum absolute atomic E-state index is 5.66. The van der Waals surface area contributed by atoms with Crippen molar-refractivity contribution in [3.8, 4) is 0 Å². The van der Waals surface area contributed by atoms with E-state index < -0.39 is 0 Å². The van der Waals surface area contributed by atoms with Gasteiger partial charge in [-0.3, -0.25) is 4.90 Å². The van der Waals surface area contributed by atoms with Crippen molar-refractivity contribution in [1.82, 2.24) is 10.2 Å². The van der Waals surface area contributed by atoms with Crippen LogP contribution in [0.2, 0.25) is 0 Å². The van der Waals surface area contributed by atoms with Gasteiger partial charge in [0.2, 0.25) is 0 Å². The van der Waals surface area contributed by atoms with Gasteiger partial charge in [0.05, 0.1) is 6.10 Å². The summed E-state index contributed by atoms with van der Waals surface area (Å²) in [6.45, 7) is 4.63. The second kappa shape index (κ2) is 3.23. The van der Waals surface area contributed by atoms with Crippen LogP contribution in [0.15, 0.2) is 0 Å². The molecular formula is C10H18N2O. The predicted molar refractivity (Wildman–Crippen MR) is 50.7 cm³/mol. The Kier molecular flexibility index (Phi) is 2.04. The molecule has 3 atom stereocenters. The lowest BCUT2D eigenvalue weighted by Crippen LogP contribution is -2.46. The molecule has 0 amide bonds. The Bertz CT molecular complexity index is 191. The molecule has 3 saturated heterocycles. The Balaban J connectivity index is 1.55. The smallest absolute Gasteiger partial charge is 0.0702 e. The normalized spacial score (nSPS) is 44.8. The van der Waals surface area contributed by atoms with E-state index in [1.165, 1.54) is 38.9 Å². The molecule has 0 spiro atoms. The number of ether oxygens (including phenoxy) is 1. The molecule has 0 aliphatic carbocycles. The summed E-state index contributed by atoms with van der Waals surface area (Å²) in [4.78, 5) is 2.62. The number of hydrogen-bond acceptors (Lipinski definition) is 3. The highest BCUT2D eigenvalue weighted by molar-refractivity contribution is 4.98. The molecule has 0 saturated carbocycles. The van der Waals surface area contributed by atoms with Gasteiger partial charge in [0, 0.05) is 38.3 Å². The van der Waals surface area contributed by atoms with Crippen LogP contribution in [-0.4, -0.2) is 49.3 Å². The number of hydrogen-bond donors (Lipinski definition) is 1. The highest BCUT2D eigenvalue weighted by Gasteiger charge is 2.38. The van der Waals surface area contributed by atoms with Gasteiger partial charge in [0.15, 0.2) is 0 Å². The van der Waals surface area contributed by atoms with Crippen molar-refractivity contribution in [3.63, 3.8) is 0 Å². The molecule has 0 aromatic rings. The molecule has 3 heterocycles. The fourth-order valence-corrected chi connectivity index (χ4v) is 2.92. The average Bonchev–Trinajstić information content (AvgIpc) is 2.77. The molecule has 3 aliphatic rings. The van der Waals surface area contributed by atoms with E-state index >= 15 is 0 Å². The largest absolute Gasteiger partial charge is 0.377 e. The van der Waals surface area contributed by atoms with Crippen molar-refractivity contribution < 1.29 is 4.74 Å². The minimum absolute atomic E-state index is 0.541. The summed E-state index contributed by atoms with van der Waals surface area (Å²) < 4.78 is 5.66. The first-order chi connectivity index (χ1) is 6.42. The van der Waals surface area contributed by atoms with Crippen LogP contribution >= 0.6 is 0 Å². The van der Waals surface area contributed by atoms with Gasteiger partial charge in [-0.1, -0.05) is 0 Å². The van der Waals surface area contributed by atoms with Crippen molar-refractivity contribution in [2.24, 2.45) is 0 Å². The topological polar surface area (TPSA) is 24.5 Å². The standard InChI is InChI=1S/C10H18N2O/c1-2-10(13-3-1)7-12-6-8-4-9(12)5-11-8/h8-11H,1-7H2/t8-,9+,10+/m1/s1. The molecule has 3 aliphatic heterocycles. The van der Waals surface area contributed by atoms with Gasteiger partial charge < -0.3 is 10.1 Å². The van der Waals surface area contributed by atoms with Gasteiger partial charge in [-0.2, -0.15) is 0 Å². The van der Waals surface area contributed by atoms with E-state index in [1.807, 2.05) is 0 Å². The second-order valence-corrected chi connectivity index (χ2v) is 4.58. The maximum atomic E-state index is 5.66. The minimum atomic E-state index is 0.541. The van der Waals surface area contributed by atoms with E-state index in [1.54, 1.807) is 0 Å². The van der Waals surface area contributed by atoms with Crippen LogP contribution in [0.25, 0.3) is 0 Å². The lowest BCUT2D eigenvalue weighted by molar-refractivity contribution is 0.0649. The van der Waals surface area contributed by atoms with Gasteiger partial charge in [0.1, 0.15) is 0 Å². The Morgan fingerprint density at radius 3 is 3.08 bits per heavy atom. The van der Waals surface area contributed by atoms with Gasteiger partial charge in [-0.05, 0) is 19.3 Å². The van der Waals surface area contributed by atoms with E-state index in [2.05, 4.69) is 10.2 Å². The second-order valence-electron chi connectivity index (χ2n) is 4.58. The quantitative estimate of drug-likeness (QED) is 0.661. The zero-order valence-electron chi connectivity index (χ0n) is 8.04. The first-order valence-corrected chi connectivity index (χ1v) is 5.51.